The van der Waals surface area contributed by atoms with Crippen molar-refractivity contribution < 1.29 is 9.84 Å². The fourth-order valence-electron chi connectivity index (χ4n) is 0.305. The SMILES string of the molecule is CC(Br)OCCC[O]. The van der Waals surface area contributed by atoms with E-state index in [2.05, 4.69) is 15.9 Å². The maximum atomic E-state index is 9.82. The van der Waals surface area contributed by atoms with Crippen molar-refractivity contribution in [2.75, 3.05) is 13.2 Å². The van der Waals surface area contributed by atoms with Crippen LogP contribution in [0.1, 0.15) is 13.3 Å². The van der Waals surface area contributed by atoms with Crippen LogP contribution in [0.4, 0.5) is 0 Å². The Kier molecular flexibility index (Phi) is 5.81. The molecule has 0 rings (SSSR count). The van der Waals surface area contributed by atoms with Crippen molar-refractivity contribution >= 4 is 15.9 Å². The Bertz CT molecular complexity index is 47.7. The van der Waals surface area contributed by atoms with Gasteiger partial charge in [-0.1, -0.05) is 15.9 Å². The Morgan fingerprint density at radius 2 is 2.38 bits per heavy atom. The van der Waals surface area contributed by atoms with Crippen molar-refractivity contribution in [2.45, 2.75) is 18.4 Å². The monoisotopic (exact) mass is 181 g/mol. The number of ether oxygens (including phenoxy) is 1. The smallest absolute Gasteiger partial charge is 0.109 e. The van der Waals surface area contributed by atoms with E-state index in [9.17, 15) is 5.11 Å². The minimum atomic E-state index is -0.0419. The van der Waals surface area contributed by atoms with E-state index in [1.165, 1.54) is 0 Å². The molecule has 0 fully saturated rings. The van der Waals surface area contributed by atoms with Gasteiger partial charge in [-0.05, 0) is 13.3 Å². The van der Waals surface area contributed by atoms with Crippen LogP contribution < -0.4 is 0 Å². The highest BCUT2D eigenvalue weighted by molar-refractivity contribution is 9.09. The number of hydrogen-bond acceptors (Lipinski definition) is 1. The van der Waals surface area contributed by atoms with Crippen molar-refractivity contribution in [3.05, 3.63) is 0 Å². The molecule has 0 aromatic heterocycles. The summed E-state index contributed by atoms with van der Waals surface area (Å²) in [7, 11) is 0. The van der Waals surface area contributed by atoms with E-state index in [4.69, 9.17) is 4.74 Å². The second-order valence-electron chi connectivity index (χ2n) is 1.47. The van der Waals surface area contributed by atoms with Crippen LogP contribution in [0.25, 0.3) is 0 Å². The molecule has 0 aliphatic carbocycles. The largest absolute Gasteiger partial charge is 0.367 e. The average Bonchev–Trinajstić information content (AvgIpc) is 1.66. The second-order valence-corrected chi connectivity index (χ2v) is 2.76. The Labute approximate surface area is 58.0 Å². The van der Waals surface area contributed by atoms with Crippen LogP contribution in [0.3, 0.4) is 0 Å². The van der Waals surface area contributed by atoms with Gasteiger partial charge in [-0.2, -0.15) is 0 Å². The fraction of sp³-hybridized carbons (Fsp3) is 1.00. The van der Waals surface area contributed by atoms with E-state index in [0.29, 0.717) is 13.0 Å². The van der Waals surface area contributed by atoms with E-state index in [0.717, 1.165) is 0 Å². The normalized spacial score (nSPS) is 13.9. The van der Waals surface area contributed by atoms with Crippen LogP contribution >= 0.6 is 15.9 Å². The summed E-state index contributed by atoms with van der Waals surface area (Å²) in [6, 6.07) is 0. The van der Waals surface area contributed by atoms with Gasteiger partial charge in [0, 0.05) is 0 Å². The molecule has 2 nitrogen and oxygen atoms in total. The quantitative estimate of drug-likeness (QED) is 0.479. The zero-order chi connectivity index (χ0) is 6.41. The number of rotatable bonds is 4. The predicted molar refractivity (Wildman–Crippen MR) is 34.5 cm³/mol. The summed E-state index contributed by atoms with van der Waals surface area (Å²) in [4.78, 5) is 0. The topological polar surface area (TPSA) is 29.1 Å². The third kappa shape index (κ3) is 6.40. The number of alkyl halides is 1. The molecule has 0 saturated heterocycles. The molecule has 0 bridgehead atoms. The molecule has 1 atom stereocenters. The minimum absolute atomic E-state index is 0.0419. The summed E-state index contributed by atoms with van der Waals surface area (Å²) in [5.74, 6) is 0. The fourth-order valence-corrected chi connectivity index (χ4v) is 0.492. The van der Waals surface area contributed by atoms with Crippen LogP contribution in [-0.2, 0) is 9.84 Å². The zero-order valence-electron chi connectivity index (χ0n) is 4.89. The van der Waals surface area contributed by atoms with Gasteiger partial charge in [-0.3, -0.25) is 0 Å². The summed E-state index contributed by atoms with van der Waals surface area (Å²) >= 11 is 3.18. The molecule has 0 aromatic carbocycles. The van der Waals surface area contributed by atoms with Crippen LogP contribution in [0.2, 0.25) is 0 Å². The second kappa shape index (κ2) is 5.54. The average molecular weight is 182 g/mol. The van der Waals surface area contributed by atoms with Crippen LogP contribution in [-0.4, -0.2) is 18.2 Å². The highest BCUT2D eigenvalue weighted by Crippen LogP contribution is 1.98. The first-order chi connectivity index (χ1) is 3.77. The molecule has 0 aliphatic heterocycles. The van der Waals surface area contributed by atoms with Gasteiger partial charge < -0.3 is 4.74 Å². The molecule has 1 unspecified atom stereocenters. The van der Waals surface area contributed by atoms with Crippen molar-refractivity contribution in [1.29, 1.82) is 0 Å². The maximum Gasteiger partial charge on any atom is 0.109 e. The van der Waals surface area contributed by atoms with Gasteiger partial charge >= 0.3 is 0 Å². The first kappa shape index (κ1) is 8.40. The predicted octanol–water partition coefficient (Wildman–Crippen LogP) is 1.56. The lowest BCUT2D eigenvalue weighted by Gasteiger charge is -2.02. The highest BCUT2D eigenvalue weighted by atomic mass is 79.9. The molecule has 49 valence electrons. The Morgan fingerprint density at radius 3 is 2.75 bits per heavy atom. The van der Waals surface area contributed by atoms with E-state index >= 15 is 0 Å². The van der Waals surface area contributed by atoms with Crippen molar-refractivity contribution in [3.63, 3.8) is 0 Å². The summed E-state index contributed by atoms with van der Waals surface area (Å²) in [5, 5.41) is 9.89. The molecule has 0 N–H and O–H groups in total. The van der Waals surface area contributed by atoms with Crippen molar-refractivity contribution in [2.24, 2.45) is 0 Å². The maximum absolute atomic E-state index is 9.82. The van der Waals surface area contributed by atoms with E-state index in [1.807, 2.05) is 6.92 Å². The molecule has 0 saturated carbocycles. The van der Waals surface area contributed by atoms with Crippen molar-refractivity contribution in [1.82, 2.24) is 0 Å². The number of hydrogen-bond donors (Lipinski definition) is 0. The van der Waals surface area contributed by atoms with Crippen LogP contribution in [0.5, 0.6) is 0 Å². The lowest BCUT2D eigenvalue weighted by molar-refractivity contribution is 0.0947. The molecule has 8 heavy (non-hydrogen) atoms. The van der Waals surface area contributed by atoms with E-state index in [-0.39, 0.29) is 11.6 Å². The van der Waals surface area contributed by atoms with Gasteiger partial charge in [-0.15, -0.1) is 0 Å². The molecule has 0 aromatic rings. The molecule has 0 aliphatic rings. The molecule has 0 heterocycles. The summed E-state index contributed by atoms with van der Waals surface area (Å²) < 4.78 is 5.00. The molecule has 3 heteroatoms. The third-order valence-corrected chi connectivity index (χ3v) is 0.901. The standard InChI is InChI=1S/C5H10BrO2/c1-5(6)8-4-2-3-7/h5H,2-4H2,1H3. The van der Waals surface area contributed by atoms with Gasteiger partial charge in [0.15, 0.2) is 0 Å². The third-order valence-electron chi connectivity index (χ3n) is 0.636. The van der Waals surface area contributed by atoms with E-state index in [1.54, 1.807) is 0 Å². The van der Waals surface area contributed by atoms with Crippen LogP contribution in [0.15, 0.2) is 0 Å². The minimum Gasteiger partial charge on any atom is -0.367 e. The lowest BCUT2D eigenvalue weighted by atomic mass is 10.5. The molecular formula is C5H10BrO2. The van der Waals surface area contributed by atoms with Gasteiger partial charge in [0.2, 0.25) is 0 Å². The lowest BCUT2D eigenvalue weighted by Crippen LogP contribution is -2.01. The van der Waals surface area contributed by atoms with Gasteiger partial charge in [-0.25, -0.2) is 5.11 Å². The van der Waals surface area contributed by atoms with E-state index < -0.39 is 0 Å². The summed E-state index contributed by atoms with van der Waals surface area (Å²) in [6.45, 7) is 2.40. The van der Waals surface area contributed by atoms with Gasteiger partial charge in [0.05, 0.1) is 13.2 Å². The Balaban J connectivity index is 2.72. The van der Waals surface area contributed by atoms with Crippen LogP contribution in [0, 0.1) is 0 Å². The van der Waals surface area contributed by atoms with Crippen molar-refractivity contribution in [3.8, 4) is 0 Å². The molecule has 0 spiro atoms. The Hall–Kier alpha value is 0.400. The molecule has 1 radical (unpaired) electrons. The number of halogens is 1. The first-order valence-corrected chi connectivity index (χ1v) is 3.52. The zero-order valence-corrected chi connectivity index (χ0v) is 6.48. The molecule has 0 amide bonds. The molecular weight excluding hydrogens is 172 g/mol. The van der Waals surface area contributed by atoms with Gasteiger partial charge in [0.1, 0.15) is 5.01 Å². The highest BCUT2D eigenvalue weighted by Gasteiger charge is 1.91. The Morgan fingerprint density at radius 1 is 1.75 bits per heavy atom. The van der Waals surface area contributed by atoms with Gasteiger partial charge in [0.25, 0.3) is 0 Å². The summed E-state index contributed by atoms with van der Waals surface area (Å²) in [5.41, 5.74) is 0. The first-order valence-electron chi connectivity index (χ1n) is 2.61. The summed E-state index contributed by atoms with van der Waals surface area (Å²) in [6.07, 6.45) is 0.607.